The van der Waals surface area contributed by atoms with Crippen molar-refractivity contribution in [1.29, 1.82) is 0 Å². The number of nitrogen functional groups attached to an aromatic ring is 1. The van der Waals surface area contributed by atoms with Gasteiger partial charge in [0.05, 0.1) is 5.56 Å². The number of hydrogen-bond acceptors (Lipinski definition) is 2. The first-order chi connectivity index (χ1) is 9.49. The monoisotopic (exact) mass is 308 g/mol. The van der Waals surface area contributed by atoms with Gasteiger partial charge in [-0.3, -0.25) is 4.79 Å². The van der Waals surface area contributed by atoms with Crippen molar-refractivity contribution in [2.75, 3.05) is 12.8 Å². The third kappa shape index (κ3) is 3.24. The fourth-order valence-electron chi connectivity index (χ4n) is 1.89. The van der Waals surface area contributed by atoms with Crippen LogP contribution in [0.3, 0.4) is 0 Å². The fourth-order valence-corrected chi connectivity index (χ4v) is 2.26. The Morgan fingerprint density at radius 1 is 1.20 bits per heavy atom. The number of anilines is 1. The van der Waals surface area contributed by atoms with Crippen LogP contribution in [0.15, 0.2) is 42.5 Å². The molecule has 0 bridgehead atoms. The molecule has 104 valence electrons. The first-order valence-electron chi connectivity index (χ1n) is 6.03. The Balaban J connectivity index is 2.19. The lowest BCUT2D eigenvalue weighted by Crippen LogP contribution is -2.27. The van der Waals surface area contributed by atoms with E-state index in [1.165, 1.54) is 0 Å². The van der Waals surface area contributed by atoms with Crippen LogP contribution in [0.1, 0.15) is 15.9 Å². The van der Waals surface area contributed by atoms with E-state index in [1.807, 2.05) is 18.2 Å². The molecule has 0 saturated carbocycles. The summed E-state index contributed by atoms with van der Waals surface area (Å²) in [7, 11) is 1.71. The number of hydrogen-bond donors (Lipinski definition) is 1. The number of carbonyl (C=O) groups excluding carboxylic acids is 1. The third-order valence-electron chi connectivity index (χ3n) is 2.96. The van der Waals surface area contributed by atoms with Gasteiger partial charge in [-0.05, 0) is 29.8 Å². The summed E-state index contributed by atoms with van der Waals surface area (Å²) in [5, 5.41) is 1.14. The molecule has 2 N–H and O–H groups in total. The van der Waals surface area contributed by atoms with Gasteiger partial charge in [0.15, 0.2) is 0 Å². The molecule has 3 nitrogen and oxygen atoms in total. The molecule has 0 aliphatic heterocycles. The number of carbonyl (C=O) groups is 1. The second-order valence-electron chi connectivity index (χ2n) is 4.48. The van der Waals surface area contributed by atoms with E-state index >= 15 is 0 Å². The summed E-state index contributed by atoms with van der Waals surface area (Å²) in [6, 6.07) is 12.3. The zero-order valence-corrected chi connectivity index (χ0v) is 12.4. The van der Waals surface area contributed by atoms with E-state index in [0.29, 0.717) is 27.8 Å². The first-order valence-corrected chi connectivity index (χ1v) is 6.78. The van der Waals surface area contributed by atoms with Crippen LogP contribution in [0.4, 0.5) is 5.69 Å². The van der Waals surface area contributed by atoms with Crippen LogP contribution in [0, 0.1) is 0 Å². The van der Waals surface area contributed by atoms with Crippen LogP contribution in [-0.4, -0.2) is 17.9 Å². The standard InChI is InChI=1S/C15H14Cl2N2O/c1-19(9-10-4-2-3-5-13(10)17)15(20)12-7-6-11(16)8-14(12)18/h2-8H,9,18H2,1H3. The van der Waals surface area contributed by atoms with Crippen LogP contribution >= 0.6 is 23.2 Å². The molecular formula is C15H14Cl2N2O. The fraction of sp³-hybridized carbons (Fsp3) is 0.133. The van der Waals surface area contributed by atoms with E-state index in [-0.39, 0.29) is 5.91 Å². The van der Waals surface area contributed by atoms with Gasteiger partial charge >= 0.3 is 0 Å². The molecule has 1 amide bonds. The smallest absolute Gasteiger partial charge is 0.255 e. The van der Waals surface area contributed by atoms with Crippen molar-refractivity contribution < 1.29 is 4.79 Å². The molecule has 2 aromatic carbocycles. The lowest BCUT2D eigenvalue weighted by Gasteiger charge is -2.19. The Bertz CT molecular complexity index is 644. The molecule has 2 rings (SSSR count). The van der Waals surface area contributed by atoms with E-state index in [4.69, 9.17) is 28.9 Å². The van der Waals surface area contributed by atoms with Crippen molar-refractivity contribution in [2.24, 2.45) is 0 Å². The van der Waals surface area contributed by atoms with Gasteiger partial charge in [0, 0.05) is 29.3 Å². The second kappa shape index (κ2) is 6.16. The van der Waals surface area contributed by atoms with Gasteiger partial charge in [0.1, 0.15) is 0 Å². The molecule has 0 aromatic heterocycles. The molecule has 0 radical (unpaired) electrons. The van der Waals surface area contributed by atoms with Crippen LogP contribution in [0.2, 0.25) is 10.0 Å². The van der Waals surface area contributed by atoms with Gasteiger partial charge in [-0.1, -0.05) is 41.4 Å². The highest BCUT2D eigenvalue weighted by atomic mass is 35.5. The highest BCUT2D eigenvalue weighted by Gasteiger charge is 2.15. The Hall–Kier alpha value is -1.71. The number of rotatable bonds is 3. The molecule has 5 heteroatoms. The molecule has 20 heavy (non-hydrogen) atoms. The Kier molecular flexibility index (Phi) is 4.53. The molecule has 0 saturated heterocycles. The lowest BCUT2D eigenvalue weighted by molar-refractivity contribution is 0.0786. The van der Waals surface area contributed by atoms with Crippen molar-refractivity contribution in [1.82, 2.24) is 4.90 Å². The van der Waals surface area contributed by atoms with Crippen molar-refractivity contribution in [2.45, 2.75) is 6.54 Å². The summed E-state index contributed by atoms with van der Waals surface area (Å²) >= 11 is 11.9. The molecule has 2 aromatic rings. The Morgan fingerprint density at radius 3 is 2.55 bits per heavy atom. The molecule has 0 spiro atoms. The lowest BCUT2D eigenvalue weighted by atomic mass is 10.1. The largest absolute Gasteiger partial charge is 0.398 e. The molecule has 0 aliphatic rings. The highest BCUT2D eigenvalue weighted by molar-refractivity contribution is 6.31. The summed E-state index contributed by atoms with van der Waals surface area (Å²) in [5.41, 5.74) is 7.52. The second-order valence-corrected chi connectivity index (χ2v) is 5.33. The van der Waals surface area contributed by atoms with Crippen molar-refractivity contribution in [3.8, 4) is 0 Å². The van der Waals surface area contributed by atoms with Gasteiger partial charge < -0.3 is 10.6 Å². The van der Waals surface area contributed by atoms with Gasteiger partial charge in [-0.25, -0.2) is 0 Å². The van der Waals surface area contributed by atoms with E-state index in [9.17, 15) is 4.79 Å². The van der Waals surface area contributed by atoms with Crippen LogP contribution < -0.4 is 5.73 Å². The van der Waals surface area contributed by atoms with Crippen LogP contribution in [0.25, 0.3) is 0 Å². The average molecular weight is 309 g/mol. The Labute approximate surface area is 127 Å². The van der Waals surface area contributed by atoms with Gasteiger partial charge in [-0.2, -0.15) is 0 Å². The normalized spacial score (nSPS) is 10.3. The molecule has 0 fully saturated rings. The van der Waals surface area contributed by atoms with E-state index < -0.39 is 0 Å². The zero-order chi connectivity index (χ0) is 14.7. The topological polar surface area (TPSA) is 46.3 Å². The minimum Gasteiger partial charge on any atom is -0.398 e. The molecular weight excluding hydrogens is 295 g/mol. The van der Waals surface area contributed by atoms with E-state index in [1.54, 1.807) is 36.2 Å². The summed E-state index contributed by atoms with van der Waals surface area (Å²) in [6.45, 7) is 0.417. The van der Waals surface area contributed by atoms with Gasteiger partial charge in [0.2, 0.25) is 0 Å². The van der Waals surface area contributed by atoms with Gasteiger partial charge in [0.25, 0.3) is 5.91 Å². The summed E-state index contributed by atoms with van der Waals surface area (Å²) < 4.78 is 0. The number of nitrogens with two attached hydrogens (primary N) is 1. The highest BCUT2D eigenvalue weighted by Crippen LogP contribution is 2.21. The number of benzene rings is 2. The van der Waals surface area contributed by atoms with Crippen molar-refractivity contribution in [3.63, 3.8) is 0 Å². The van der Waals surface area contributed by atoms with E-state index in [0.717, 1.165) is 5.56 Å². The quantitative estimate of drug-likeness (QED) is 0.875. The molecule has 0 unspecified atom stereocenters. The predicted molar refractivity (Wildman–Crippen MR) is 83.1 cm³/mol. The van der Waals surface area contributed by atoms with Crippen molar-refractivity contribution in [3.05, 3.63) is 63.6 Å². The SMILES string of the molecule is CN(Cc1ccccc1Cl)C(=O)c1ccc(Cl)cc1N. The first kappa shape index (κ1) is 14.7. The van der Waals surface area contributed by atoms with Gasteiger partial charge in [-0.15, -0.1) is 0 Å². The maximum Gasteiger partial charge on any atom is 0.255 e. The number of nitrogens with zero attached hydrogens (tertiary/aromatic N) is 1. The summed E-state index contributed by atoms with van der Waals surface area (Å²) in [5.74, 6) is -0.168. The van der Waals surface area contributed by atoms with Crippen LogP contribution in [0.5, 0.6) is 0 Å². The van der Waals surface area contributed by atoms with Crippen molar-refractivity contribution >= 4 is 34.8 Å². The molecule has 0 heterocycles. The van der Waals surface area contributed by atoms with E-state index in [2.05, 4.69) is 0 Å². The predicted octanol–water partition coefficient (Wildman–Crippen LogP) is 3.85. The van der Waals surface area contributed by atoms with Crippen LogP contribution in [-0.2, 0) is 6.54 Å². The summed E-state index contributed by atoms with van der Waals surface area (Å²) in [4.78, 5) is 13.9. The average Bonchev–Trinajstić information content (AvgIpc) is 2.40. The third-order valence-corrected chi connectivity index (χ3v) is 3.56. The minimum atomic E-state index is -0.168. The molecule has 0 atom stereocenters. The molecule has 0 aliphatic carbocycles. The maximum atomic E-state index is 12.4. The minimum absolute atomic E-state index is 0.168. The Morgan fingerprint density at radius 2 is 1.90 bits per heavy atom. The zero-order valence-electron chi connectivity index (χ0n) is 10.9. The summed E-state index contributed by atoms with van der Waals surface area (Å²) in [6.07, 6.45) is 0. The number of amides is 1. The number of halogens is 2. The maximum absolute atomic E-state index is 12.4.